The van der Waals surface area contributed by atoms with Gasteiger partial charge in [0.2, 0.25) is 0 Å². The van der Waals surface area contributed by atoms with Gasteiger partial charge in [0.05, 0.1) is 6.33 Å². The Labute approximate surface area is 78.3 Å². The minimum Gasteiger partial charge on any atom is -0.480 e. The molecule has 7 heteroatoms. The summed E-state index contributed by atoms with van der Waals surface area (Å²) >= 11 is 0. The highest BCUT2D eigenvalue weighted by Gasteiger charge is 2.45. The van der Waals surface area contributed by atoms with Gasteiger partial charge in [-0.2, -0.15) is 0 Å². The molecule has 1 amide bonds. The maximum Gasteiger partial charge on any atom is 0.468 e. The molecule has 0 radical (unpaired) electrons. The fourth-order valence-electron chi connectivity index (χ4n) is 1.13. The summed E-state index contributed by atoms with van der Waals surface area (Å²) in [5.41, 5.74) is 0.640. The molecule has 1 fully saturated rings. The van der Waals surface area contributed by atoms with E-state index in [1.165, 1.54) is 12.5 Å². The Morgan fingerprint density at radius 3 is 2.93 bits per heavy atom. The van der Waals surface area contributed by atoms with Crippen LogP contribution in [-0.4, -0.2) is 38.2 Å². The number of carboxylic acid groups (broad SMARTS) is 1. The molecule has 0 aliphatic carbocycles. The Hall–Kier alpha value is -2.05. The topological polar surface area (TPSA) is 98.6 Å². The number of imidazole rings is 1. The number of amides is 1. The molecule has 2 rings (SSSR count). The number of nitrogens with zero attached hydrogens (tertiary/aromatic N) is 2. The molecule has 7 nitrogen and oxygen atoms in total. The highest BCUT2D eigenvalue weighted by atomic mass is 16.9. The fraction of sp³-hybridized carbons (Fsp3) is 0.286. The molecule has 0 bridgehead atoms. The van der Waals surface area contributed by atoms with E-state index < -0.39 is 18.1 Å². The second-order valence-corrected chi connectivity index (χ2v) is 2.82. The predicted molar refractivity (Wildman–Crippen MR) is 42.0 cm³/mol. The molecule has 1 aromatic rings. The number of aromatic amines is 1. The van der Waals surface area contributed by atoms with Crippen molar-refractivity contribution in [3.05, 3.63) is 18.2 Å². The van der Waals surface area contributed by atoms with Gasteiger partial charge in [-0.1, -0.05) is 0 Å². The number of aliphatic carboxylic acids is 1. The number of carboxylic acids is 1. The minimum atomic E-state index is -1.11. The lowest BCUT2D eigenvalue weighted by atomic mass is 10.2. The quantitative estimate of drug-likeness (QED) is 0.649. The van der Waals surface area contributed by atoms with Crippen LogP contribution in [0, 0.1) is 0 Å². The number of nitrogens with one attached hydrogen (secondary N) is 1. The molecular formula is C7H7N3O4. The fourth-order valence-corrected chi connectivity index (χ4v) is 1.13. The smallest absolute Gasteiger partial charge is 0.468 e. The van der Waals surface area contributed by atoms with Gasteiger partial charge in [0.1, 0.15) is 0 Å². The largest absolute Gasteiger partial charge is 0.480 e. The van der Waals surface area contributed by atoms with E-state index in [-0.39, 0.29) is 6.42 Å². The van der Waals surface area contributed by atoms with Crippen LogP contribution in [-0.2, 0) is 16.1 Å². The normalized spacial score (nSPS) is 16.3. The van der Waals surface area contributed by atoms with E-state index in [4.69, 9.17) is 5.11 Å². The monoisotopic (exact) mass is 197 g/mol. The van der Waals surface area contributed by atoms with Gasteiger partial charge in [0.15, 0.2) is 6.04 Å². The third-order valence-corrected chi connectivity index (χ3v) is 1.86. The molecule has 2 heterocycles. The Kier molecular flexibility index (Phi) is 1.84. The Balaban J connectivity index is 2.05. The van der Waals surface area contributed by atoms with Gasteiger partial charge in [-0.05, 0) is 0 Å². The highest BCUT2D eigenvalue weighted by Crippen LogP contribution is 2.19. The number of aromatic nitrogens is 2. The molecule has 74 valence electrons. The summed E-state index contributed by atoms with van der Waals surface area (Å²) in [5.74, 6) is -1.11. The summed E-state index contributed by atoms with van der Waals surface area (Å²) in [6, 6.07) is -0.983. The summed E-state index contributed by atoms with van der Waals surface area (Å²) < 4.78 is 0. The van der Waals surface area contributed by atoms with Crippen molar-refractivity contribution >= 4 is 12.1 Å². The van der Waals surface area contributed by atoms with Crippen LogP contribution >= 0.6 is 0 Å². The number of hydrogen-bond donors (Lipinski definition) is 2. The third-order valence-electron chi connectivity index (χ3n) is 1.86. The van der Waals surface area contributed by atoms with Crippen LogP contribution in [0.25, 0.3) is 0 Å². The number of H-pyrrole nitrogens is 1. The summed E-state index contributed by atoms with van der Waals surface area (Å²) in [6.07, 6.45) is 2.49. The molecule has 0 aromatic carbocycles. The third kappa shape index (κ3) is 1.51. The zero-order chi connectivity index (χ0) is 10.1. The minimum absolute atomic E-state index is 0.154. The summed E-state index contributed by atoms with van der Waals surface area (Å²) in [7, 11) is 0. The maximum absolute atomic E-state index is 10.7. The Morgan fingerprint density at radius 2 is 2.50 bits per heavy atom. The van der Waals surface area contributed by atoms with Crippen molar-refractivity contribution < 1.29 is 19.5 Å². The second kappa shape index (κ2) is 3.02. The second-order valence-electron chi connectivity index (χ2n) is 2.82. The number of carbonyl (C=O) groups excluding carboxylic acids is 1. The lowest BCUT2D eigenvalue weighted by Gasteiger charge is -2.06. The molecule has 1 atom stereocenters. The first-order valence-corrected chi connectivity index (χ1v) is 3.89. The standard InChI is InChI=1S/C7H7N3O4/c11-6(12)5(10-7(13)14-10)1-4-2-8-3-9-4/h2-3,5H,1H2,(H,8,9)(H,11,12)/t5-,10?/m0/s1. The average Bonchev–Trinajstić information content (AvgIpc) is 2.68. The van der Waals surface area contributed by atoms with Crippen LogP contribution in [0.15, 0.2) is 12.5 Å². The van der Waals surface area contributed by atoms with Gasteiger partial charge >= 0.3 is 12.1 Å². The van der Waals surface area contributed by atoms with Crippen LogP contribution in [0.4, 0.5) is 4.79 Å². The average molecular weight is 197 g/mol. The van der Waals surface area contributed by atoms with Crippen LogP contribution in [0.2, 0.25) is 0 Å². The number of hydrogen-bond acceptors (Lipinski definition) is 4. The highest BCUT2D eigenvalue weighted by molar-refractivity contribution is 5.85. The first-order chi connectivity index (χ1) is 6.68. The zero-order valence-electron chi connectivity index (χ0n) is 7.01. The summed E-state index contributed by atoms with van der Waals surface area (Å²) in [5, 5.41) is 9.61. The summed E-state index contributed by atoms with van der Waals surface area (Å²) in [4.78, 5) is 32.2. The molecular weight excluding hydrogens is 190 g/mol. The van der Waals surface area contributed by atoms with Gasteiger partial charge in [0, 0.05) is 18.3 Å². The van der Waals surface area contributed by atoms with Gasteiger partial charge in [0.25, 0.3) is 0 Å². The van der Waals surface area contributed by atoms with Gasteiger partial charge in [-0.3, -0.25) is 0 Å². The molecule has 14 heavy (non-hydrogen) atoms. The van der Waals surface area contributed by atoms with Crippen LogP contribution < -0.4 is 0 Å². The van der Waals surface area contributed by atoms with E-state index in [1.54, 1.807) is 0 Å². The van der Waals surface area contributed by atoms with Crippen molar-refractivity contribution in [1.29, 1.82) is 0 Å². The van der Waals surface area contributed by atoms with Crippen molar-refractivity contribution in [2.75, 3.05) is 0 Å². The molecule has 2 N–H and O–H groups in total. The van der Waals surface area contributed by atoms with Crippen molar-refractivity contribution in [1.82, 2.24) is 15.0 Å². The van der Waals surface area contributed by atoms with E-state index in [2.05, 4.69) is 14.8 Å². The molecule has 0 unspecified atom stereocenters. The van der Waals surface area contributed by atoms with E-state index >= 15 is 0 Å². The lowest BCUT2D eigenvalue weighted by Crippen LogP contribution is -2.31. The molecule has 1 aliphatic rings. The van der Waals surface area contributed by atoms with Crippen molar-refractivity contribution in [3.63, 3.8) is 0 Å². The lowest BCUT2D eigenvalue weighted by molar-refractivity contribution is -0.143. The summed E-state index contributed by atoms with van der Waals surface area (Å²) in [6.45, 7) is 0. The first kappa shape index (κ1) is 8.54. The van der Waals surface area contributed by atoms with Gasteiger partial charge in [-0.25, -0.2) is 14.6 Å². The molecule has 0 spiro atoms. The zero-order valence-corrected chi connectivity index (χ0v) is 7.01. The van der Waals surface area contributed by atoms with Crippen LogP contribution in [0.5, 0.6) is 0 Å². The maximum atomic E-state index is 10.7. The van der Waals surface area contributed by atoms with Crippen LogP contribution in [0.3, 0.4) is 0 Å². The molecule has 1 saturated heterocycles. The van der Waals surface area contributed by atoms with Gasteiger partial charge in [-0.15, -0.1) is 5.06 Å². The number of rotatable bonds is 4. The van der Waals surface area contributed by atoms with Crippen molar-refractivity contribution in [3.8, 4) is 0 Å². The van der Waals surface area contributed by atoms with Crippen LogP contribution in [0.1, 0.15) is 5.69 Å². The van der Waals surface area contributed by atoms with Crippen molar-refractivity contribution in [2.24, 2.45) is 0 Å². The van der Waals surface area contributed by atoms with E-state index in [9.17, 15) is 9.59 Å². The Morgan fingerprint density at radius 1 is 1.79 bits per heavy atom. The SMILES string of the molecule is O=C(O)[C@H](Cc1cnc[nH]1)N1OC1=O. The van der Waals surface area contributed by atoms with Crippen molar-refractivity contribution in [2.45, 2.75) is 12.5 Å². The molecule has 1 aliphatic heterocycles. The number of hydroxylamine groups is 2. The Bertz CT molecular complexity index is 361. The van der Waals surface area contributed by atoms with Gasteiger partial charge < -0.3 is 14.9 Å². The first-order valence-electron chi connectivity index (χ1n) is 3.89. The van der Waals surface area contributed by atoms with E-state index in [0.717, 1.165) is 5.06 Å². The molecule has 1 aromatic heterocycles. The molecule has 0 saturated carbocycles. The van der Waals surface area contributed by atoms with E-state index in [0.29, 0.717) is 5.69 Å². The number of carbonyl (C=O) groups is 2. The predicted octanol–water partition coefficient (Wildman–Crippen LogP) is -0.227. The van der Waals surface area contributed by atoms with E-state index in [1.807, 2.05) is 0 Å².